The highest BCUT2D eigenvalue weighted by molar-refractivity contribution is 6.13. The molecule has 0 unspecified atom stereocenters. The molecule has 1 aromatic heterocycles. The van der Waals surface area contributed by atoms with Crippen molar-refractivity contribution in [3.05, 3.63) is 95.9 Å². The Morgan fingerprint density at radius 2 is 1.50 bits per heavy atom. The Morgan fingerprint density at radius 3 is 2.04 bits per heavy atom. The van der Waals surface area contributed by atoms with Crippen LogP contribution in [0.15, 0.2) is 88.6 Å². The van der Waals surface area contributed by atoms with E-state index in [4.69, 9.17) is 4.42 Å². The quantitative estimate of drug-likeness (QED) is 0.555. The van der Waals surface area contributed by atoms with Crippen molar-refractivity contribution in [1.29, 1.82) is 0 Å². The van der Waals surface area contributed by atoms with Crippen molar-refractivity contribution in [3.63, 3.8) is 0 Å². The van der Waals surface area contributed by atoms with E-state index < -0.39 is 0 Å². The molecule has 3 rings (SSSR count). The van der Waals surface area contributed by atoms with Gasteiger partial charge in [-0.15, -0.1) is 0 Å². The Morgan fingerprint density at radius 1 is 0.875 bits per heavy atom. The van der Waals surface area contributed by atoms with E-state index in [1.54, 1.807) is 6.26 Å². The van der Waals surface area contributed by atoms with Gasteiger partial charge in [-0.3, -0.25) is 4.79 Å². The Labute approximate surface area is 140 Å². The highest BCUT2D eigenvalue weighted by Gasteiger charge is 2.08. The summed E-state index contributed by atoms with van der Waals surface area (Å²) < 4.78 is 5.23. The van der Waals surface area contributed by atoms with E-state index in [1.165, 1.54) is 0 Å². The molecule has 0 radical (unpaired) electrons. The van der Waals surface area contributed by atoms with Crippen molar-refractivity contribution in [2.75, 3.05) is 0 Å². The molecule has 0 spiro atoms. The molecule has 0 fully saturated rings. The Balaban J connectivity index is 1.73. The second-order valence-corrected chi connectivity index (χ2v) is 5.31. The molecule has 1 N–H and O–H groups in total. The third-order valence-corrected chi connectivity index (χ3v) is 3.57. The summed E-state index contributed by atoms with van der Waals surface area (Å²) in [4.78, 5) is 12.0. The number of benzene rings is 2. The van der Waals surface area contributed by atoms with Gasteiger partial charge in [-0.25, -0.2) is 5.43 Å². The zero-order chi connectivity index (χ0) is 16.6. The van der Waals surface area contributed by atoms with Crippen LogP contribution in [0.4, 0.5) is 0 Å². The average molecular weight is 318 g/mol. The number of carbonyl (C=O) groups excluding carboxylic acids is 1. The molecule has 2 aromatic carbocycles. The van der Waals surface area contributed by atoms with Gasteiger partial charge in [-0.1, -0.05) is 60.7 Å². The Bertz CT molecular complexity index is 753. The van der Waals surface area contributed by atoms with Crippen LogP contribution in [0.2, 0.25) is 0 Å². The van der Waals surface area contributed by atoms with Gasteiger partial charge in [0.05, 0.1) is 12.0 Å². The van der Waals surface area contributed by atoms with Gasteiger partial charge in [-0.2, -0.15) is 5.10 Å². The number of nitrogens with zero attached hydrogens (tertiary/aromatic N) is 1. The van der Waals surface area contributed by atoms with Crippen LogP contribution < -0.4 is 5.43 Å². The zero-order valence-electron chi connectivity index (χ0n) is 13.2. The molecule has 1 amide bonds. The van der Waals surface area contributed by atoms with Crippen LogP contribution in [-0.4, -0.2) is 11.6 Å². The van der Waals surface area contributed by atoms with Crippen LogP contribution in [-0.2, 0) is 11.2 Å². The molecule has 4 nitrogen and oxygen atoms in total. The van der Waals surface area contributed by atoms with E-state index in [0.717, 1.165) is 22.6 Å². The van der Waals surface area contributed by atoms with Crippen LogP contribution in [0.1, 0.15) is 23.3 Å². The first-order valence-electron chi connectivity index (χ1n) is 7.82. The number of nitrogens with one attached hydrogen (secondary N) is 1. The Kier molecular flexibility index (Phi) is 5.20. The molecule has 0 atom stereocenters. The first-order chi connectivity index (χ1) is 11.8. The molecule has 24 heavy (non-hydrogen) atoms. The van der Waals surface area contributed by atoms with E-state index in [1.807, 2.05) is 72.8 Å². The summed E-state index contributed by atoms with van der Waals surface area (Å²) >= 11 is 0. The molecular formula is C20H18N2O2. The number of aryl methyl sites for hydroxylation is 1. The smallest absolute Gasteiger partial charge is 0.240 e. The summed E-state index contributed by atoms with van der Waals surface area (Å²) in [5, 5.41) is 4.35. The van der Waals surface area contributed by atoms with E-state index in [0.29, 0.717) is 12.8 Å². The average Bonchev–Trinajstić information content (AvgIpc) is 3.16. The zero-order valence-corrected chi connectivity index (χ0v) is 13.2. The van der Waals surface area contributed by atoms with Gasteiger partial charge in [0.15, 0.2) is 0 Å². The third kappa shape index (κ3) is 4.20. The molecule has 4 heteroatoms. The monoisotopic (exact) mass is 318 g/mol. The summed E-state index contributed by atoms with van der Waals surface area (Å²) in [6.07, 6.45) is 2.49. The number of hydrazone groups is 1. The molecule has 0 saturated heterocycles. The number of amides is 1. The first-order valence-corrected chi connectivity index (χ1v) is 7.82. The SMILES string of the molecule is O=C(CCc1ccco1)NN=C(c1ccccc1)c1ccccc1. The fourth-order valence-corrected chi connectivity index (χ4v) is 2.35. The minimum Gasteiger partial charge on any atom is -0.469 e. The molecule has 0 aliphatic rings. The molecule has 0 saturated carbocycles. The fraction of sp³-hybridized carbons (Fsp3) is 0.100. The number of rotatable bonds is 6. The van der Waals surface area contributed by atoms with Crippen molar-refractivity contribution in [2.24, 2.45) is 5.10 Å². The predicted octanol–water partition coefficient (Wildman–Crippen LogP) is 3.78. The van der Waals surface area contributed by atoms with Crippen LogP contribution in [0, 0.1) is 0 Å². The minimum atomic E-state index is -0.143. The van der Waals surface area contributed by atoms with E-state index in [2.05, 4.69) is 10.5 Å². The summed E-state index contributed by atoms with van der Waals surface area (Å²) in [5.41, 5.74) is 5.30. The molecular weight excluding hydrogens is 300 g/mol. The van der Waals surface area contributed by atoms with Crippen molar-refractivity contribution in [3.8, 4) is 0 Å². The van der Waals surface area contributed by atoms with Gasteiger partial charge in [0.25, 0.3) is 0 Å². The van der Waals surface area contributed by atoms with Crippen LogP contribution in [0.3, 0.4) is 0 Å². The highest BCUT2D eigenvalue weighted by Crippen LogP contribution is 2.10. The van der Waals surface area contributed by atoms with Gasteiger partial charge in [0, 0.05) is 24.0 Å². The highest BCUT2D eigenvalue weighted by atomic mass is 16.3. The molecule has 0 aliphatic heterocycles. The van der Waals surface area contributed by atoms with Gasteiger partial charge in [0.2, 0.25) is 5.91 Å². The summed E-state index contributed by atoms with van der Waals surface area (Å²) in [6.45, 7) is 0. The largest absolute Gasteiger partial charge is 0.469 e. The number of hydrogen-bond acceptors (Lipinski definition) is 3. The second kappa shape index (κ2) is 7.92. The van der Waals surface area contributed by atoms with Crippen molar-refractivity contribution >= 4 is 11.6 Å². The van der Waals surface area contributed by atoms with Gasteiger partial charge < -0.3 is 4.42 Å². The maximum atomic E-state index is 12.0. The molecule has 120 valence electrons. The predicted molar refractivity (Wildman–Crippen MR) is 93.7 cm³/mol. The van der Waals surface area contributed by atoms with E-state index >= 15 is 0 Å². The van der Waals surface area contributed by atoms with E-state index in [-0.39, 0.29) is 5.91 Å². The Hall–Kier alpha value is -3.14. The maximum Gasteiger partial charge on any atom is 0.240 e. The standard InChI is InChI=1S/C20H18N2O2/c23-19(14-13-18-12-7-15-24-18)21-22-20(16-8-3-1-4-9-16)17-10-5-2-6-11-17/h1-12,15H,13-14H2,(H,21,23). The fourth-order valence-electron chi connectivity index (χ4n) is 2.35. The van der Waals surface area contributed by atoms with Gasteiger partial charge >= 0.3 is 0 Å². The minimum absolute atomic E-state index is 0.143. The van der Waals surface area contributed by atoms with Gasteiger partial charge in [-0.05, 0) is 12.1 Å². The summed E-state index contributed by atoms with van der Waals surface area (Å²) in [5.74, 6) is 0.649. The topological polar surface area (TPSA) is 54.6 Å². The van der Waals surface area contributed by atoms with E-state index in [9.17, 15) is 4.79 Å². The third-order valence-electron chi connectivity index (χ3n) is 3.57. The number of furan rings is 1. The van der Waals surface area contributed by atoms with Crippen molar-refractivity contribution in [2.45, 2.75) is 12.8 Å². The second-order valence-electron chi connectivity index (χ2n) is 5.31. The van der Waals surface area contributed by atoms with Crippen molar-refractivity contribution < 1.29 is 9.21 Å². The van der Waals surface area contributed by atoms with Crippen LogP contribution in [0.25, 0.3) is 0 Å². The summed E-state index contributed by atoms with van der Waals surface area (Å²) in [7, 11) is 0. The van der Waals surface area contributed by atoms with Crippen LogP contribution in [0.5, 0.6) is 0 Å². The molecule has 3 aromatic rings. The molecule has 0 aliphatic carbocycles. The lowest BCUT2D eigenvalue weighted by molar-refractivity contribution is -0.121. The van der Waals surface area contributed by atoms with Gasteiger partial charge in [0.1, 0.15) is 5.76 Å². The first kappa shape index (κ1) is 15.7. The molecule has 1 heterocycles. The van der Waals surface area contributed by atoms with Crippen LogP contribution >= 0.6 is 0 Å². The lowest BCUT2D eigenvalue weighted by atomic mass is 10.0. The van der Waals surface area contributed by atoms with Crippen molar-refractivity contribution in [1.82, 2.24) is 5.43 Å². The molecule has 0 bridgehead atoms. The normalized spacial score (nSPS) is 10.2. The lowest BCUT2D eigenvalue weighted by Gasteiger charge is -2.08. The lowest BCUT2D eigenvalue weighted by Crippen LogP contribution is -2.20. The number of hydrogen-bond donors (Lipinski definition) is 1. The maximum absolute atomic E-state index is 12.0. The summed E-state index contributed by atoms with van der Waals surface area (Å²) in [6, 6.07) is 23.3. The number of carbonyl (C=O) groups is 1.